The van der Waals surface area contributed by atoms with Crippen LogP contribution >= 0.6 is 0 Å². The summed E-state index contributed by atoms with van der Waals surface area (Å²) in [6, 6.07) is 67.1. The number of unbranched alkanes of at least 4 members (excludes halogenated alkanes) is 1. The standard InChI is InChI=1S/C62H48BN3O2/c1-5-6-17-38-28-31-47-46-22-11-16-27-56(46)68-61(47)60(38)66-54-36-40(64-50-23-12-7-18-42(50)43-19-8-13-24-51(43)64)29-32-48(54)63-49-33-30-41(65-52-25-14-9-20-44(52)45-21-10-15-26-53(45)65)37-57(49)67-58-35-39(62(2,3)4)34-55(66)59(58)63/h7-16,18-37H,5-6,17H2,1-4H3. The van der Waals surface area contributed by atoms with Crippen molar-refractivity contribution in [1.29, 1.82) is 0 Å². The molecule has 0 radical (unpaired) electrons. The van der Waals surface area contributed by atoms with Gasteiger partial charge >= 0.3 is 0 Å². The molecule has 0 fully saturated rings. The summed E-state index contributed by atoms with van der Waals surface area (Å²) in [6.07, 6.45) is 3.07. The normalized spacial score (nSPS) is 13.2. The van der Waals surface area contributed by atoms with Crippen LogP contribution in [0.5, 0.6) is 11.5 Å². The Morgan fingerprint density at radius 3 is 1.66 bits per heavy atom. The summed E-state index contributed by atoms with van der Waals surface area (Å²) in [5.74, 6) is 1.78. The maximum atomic E-state index is 7.36. The summed E-state index contributed by atoms with van der Waals surface area (Å²) >= 11 is 0. The van der Waals surface area contributed by atoms with Crippen LogP contribution in [0.2, 0.25) is 0 Å². The lowest BCUT2D eigenvalue weighted by Gasteiger charge is -2.42. The van der Waals surface area contributed by atoms with Crippen molar-refractivity contribution in [2.24, 2.45) is 0 Å². The van der Waals surface area contributed by atoms with E-state index in [-0.39, 0.29) is 12.1 Å². The van der Waals surface area contributed by atoms with E-state index in [9.17, 15) is 0 Å². The van der Waals surface area contributed by atoms with Crippen LogP contribution in [0.15, 0.2) is 186 Å². The summed E-state index contributed by atoms with van der Waals surface area (Å²) in [5, 5.41) is 7.22. The highest BCUT2D eigenvalue weighted by Gasteiger charge is 2.44. The molecule has 0 bridgehead atoms. The number of ether oxygens (including phenoxy) is 1. The minimum atomic E-state index is -0.178. The van der Waals surface area contributed by atoms with Crippen LogP contribution in [0.1, 0.15) is 51.7 Å². The molecule has 6 heteroatoms. The molecule has 9 aromatic carbocycles. The minimum absolute atomic E-state index is 0.0996. The van der Waals surface area contributed by atoms with Crippen molar-refractivity contribution >= 4 is 106 Å². The second-order valence-corrected chi connectivity index (χ2v) is 19.9. The van der Waals surface area contributed by atoms with Crippen molar-refractivity contribution in [2.75, 3.05) is 4.90 Å². The first kappa shape index (κ1) is 39.2. The molecule has 0 aliphatic carbocycles. The Morgan fingerprint density at radius 1 is 0.500 bits per heavy atom. The number of nitrogens with zero attached hydrogens (tertiary/aromatic N) is 3. The Balaban J connectivity index is 1.08. The number of hydrogen-bond donors (Lipinski definition) is 0. The van der Waals surface area contributed by atoms with E-state index in [2.05, 4.69) is 224 Å². The first-order chi connectivity index (χ1) is 33.3. The summed E-state index contributed by atoms with van der Waals surface area (Å²) in [6.45, 7) is 9.11. The third-order valence-corrected chi connectivity index (χ3v) is 14.9. The zero-order valence-corrected chi connectivity index (χ0v) is 38.7. The Kier molecular flexibility index (Phi) is 8.38. The molecule has 0 N–H and O–H groups in total. The van der Waals surface area contributed by atoms with Gasteiger partial charge in [0, 0.05) is 61.1 Å². The van der Waals surface area contributed by atoms with Crippen molar-refractivity contribution in [3.63, 3.8) is 0 Å². The second-order valence-electron chi connectivity index (χ2n) is 19.9. The van der Waals surface area contributed by atoms with Gasteiger partial charge in [0.25, 0.3) is 6.71 Å². The molecule has 2 aliphatic rings. The molecular weight excluding hydrogens is 830 g/mol. The fourth-order valence-electron chi connectivity index (χ4n) is 11.7. The Hall–Kier alpha value is -7.96. The molecule has 0 amide bonds. The number of anilines is 3. The molecule has 14 rings (SSSR count). The van der Waals surface area contributed by atoms with E-state index < -0.39 is 0 Å². The van der Waals surface area contributed by atoms with E-state index in [1.165, 1.54) is 65.7 Å². The number of aromatic nitrogens is 2. The van der Waals surface area contributed by atoms with Gasteiger partial charge in [-0.15, -0.1) is 0 Å². The van der Waals surface area contributed by atoms with Crippen LogP contribution in [0.4, 0.5) is 17.1 Å². The molecule has 3 aromatic heterocycles. The highest BCUT2D eigenvalue weighted by molar-refractivity contribution is 6.99. The topological polar surface area (TPSA) is 35.5 Å². The van der Waals surface area contributed by atoms with Gasteiger partial charge in [-0.1, -0.05) is 149 Å². The predicted octanol–water partition coefficient (Wildman–Crippen LogP) is 14.8. The van der Waals surface area contributed by atoms with Gasteiger partial charge in [-0.2, -0.15) is 0 Å². The first-order valence-corrected chi connectivity index (χ1v) is 24.2. The average Bonchev–Trinajstić information content (AvgIpc) is 4.03. The van der Waals surface area contributed by atoms with Crippen LogP contribution < -0.4 is 26.0 Å². The minimum Gasteiger partial charge on any atom is -0.458 e. The summed E-state index contributed by atoms with van der Waals surface area (Å²) in [7, 11) is 0. The largest absolute Gasteiger partial charge is 0.458 e. The molecule has 12 aromatic rings. The molecule has 2 aliphatic heterocycles. The summed E-state index contributed by atoms with van der Waals surface area (Å²) in [5.41, 5.74) is 18.0. The van der Waals surface area contributed by atoms with Crippen LogP contribution in [-0.4, -0.2) is 15.8 Å². The third kappa shape index (κ3) is 5.58. The number of fused-ring (bicyclic) bond motifs is 13. The van der Waals surface area contributed by atoms with Crippen LogP contribution in [-0.2, 0) is 11.8 Å². The third-order valence-electron chi connectivity index (χ3n) is 14.9. The lowest BCUT2D eigenvalue weighted by molar-refractivity contribution is 0.483. The molecule has 0 unspecified atom stereocenters. The van der Waals surface area contributed by atoms with Gasteiger partial charge in [0.05, 0.1) is 27.8 Å². The van der Waals surface area contributed by atoms with Crippen LogP contribution in [0.25, 0.3) is 76.9 Å². The Labute approximate surface area is 395 Å². The Bertz CT molecular complexity index is 3960. The number of benzene rings is 9. The maximum absolute atomic E-state index is 7.36. The molecule has 5 heterocycles. The van der Waals surface area contributed by atoms with Gasteiger partial charge in [-0.25, -0.2) is 0 Å². The van der Waals surface area contributed by atoms with Gasteiger partial charge in [-0.05, 0) is 106 Å². The number of hydrogen-bond acceptors (Lipinski definition) is 3. The van der Waals surface area contributed by atoms with Gasteiger partial charge in [0.2, 0.25) is 0 Å². The fourth-order valence-corrected chi connectivity index (χ4v) is 11.7. The number of aryl methyl sites for hydroxylation is 1. The van der Waals surface area contributed by atoms with E-state index in [0.717, 1.165) is 86.6 Å². The van der Waals surface area contributed by atoms with E-state index in [4.69, 9.17) is 9.15 Å². The van der Waals surface area contributed by atoms with Crippen LogP contribution in [0.3, 0.4) is 0 Å². The number of para-hydroxylation sites is 5. The van der Waals surface area contributed by atoms with Gasteiger partial charge in [-0.3, -0.25) is 0 Å². The van der Waals surface area contributed by atoms with E-state index in [1.807, 2.05) is 0 Å². The highest BCUT2D eigenvalue weighted by Crippen LogP contribution is 2.49. The SMILES string of the molecule is CCCCc1ccc2c(oc3ccccc32)c1N1c2cc(-n3c4ccccc4c4ccccc43)ccc2B2c3ccc(-n4c5ccccc5c5ccccc54)cc3Oc3cc(C(C)(C)C)cc1c32. The molecule has 0 saturated carbocycles. The lowest BCUT2D eigenvalue weighted by Crippen LogP contribution is -2.59. The molecule has 326 valence electrons. The molecular formula is C62H48BN3O2. The quantitative estimate of drug-likeness (QED) is 0.156. The highest BCUT2D eigenvalue weighted by atomic mass is 16.5. The smallest absolute Gasteiger partial charge is 0.256 e. The molecule has 0 saturated heterocycles. The second kappa shape index (κ2) is 14.5. The van der Waals surface area contributed by atoms with Crippen LogP contribution in [0, 0.1) is 0 Å². The summed E-state index contributed by atoms with van der Waals surface area (Å²) < 4.78 is 19.3. The first-order valence-electron chi connectivity index (χ1n) is 24.2. The Morgan fingerprint density at radius 2 is 1.06 bits per heavy atom. The van der Waals surface area contributed by atoms with Crippen molar-refractivity contribution in [2.45, 2.75) is 52.4 Å². The summed E-state index contributed by atoms with van der Waals surface area (Å²) in [4.78, 5) is 2.56. The molecule has 5 nitrogen and oxygen atoms in total. The average molecular weight is 878 g/mol. The number of furan rings is 1. The molecule has 0 spiro atoms. The zero-order valence-electron chi connectivity index (χ0n) is 38.7. The van der Waals surface area contributed by atoms with E-state index in [1.54, 1.807) is 0 Å². The maximum Gasteiger partial charge on any atom is 0.256 e. The van der Waals surface area contributed by atoms with Gasteiger partial charge < -0.3 is 23.2 Å². The van der Waals surface area contributed by atoms with Crippen molar-refractivity contribution in [1.82, 2.24) is 9.13 Å². The van der Waals surface area contributed by atoms with Gasteiger partial charge in [0.15, 0.2) is 5.58 Å². The monoisotopic (exact) mass is 877 g/mol. The molecule has 68 heavy (non-hydrogen) atoms. The van der Waals surface area contributed by atoms with Crippen molar-refractivity contribution in [3.05, 3.63) is 193 Å². The zero-order chi connectivity index (χ0) is 45.4. The predicted molar refractivity (Wildman–Crippen MR) is 286 cm³/mol. The fraction of sp³-hybridized carbons (Fsp3) is 0.129. The lowest BCUT2D eigenvalue weighted by atomic mass is 9.34. The van der Waals surface area contributed by atoms with Crippen molar-refractivity contribution < 1.29 is 9.15 Å². The molecule has 0 atom stereocenters. The number of rotatable bonds is 6. The van der Waals surface area contributed by atoms with E-state index in [0.29, 0.717) is 0 Å². The van der Waals surface area contributed by atoms with Gasteiger partial charge in [0.1, 0.15) is 17.1 Å². The van der Waals surface area contributed by atoms with E-state index >= 15 is 0 Å². The van der Waals surface area contributed by atoms with Crippen molar-refractivity contribution in [3.8, 4) is 22.9 Å².